The summed E-state index contributed by atoms with van der Waals surface area (Å²) in [5.74, 6) is 1.13. The Hall–Kier alpha value is -2.63. The molecule has 6 nitrogen and oxygen atoms in total. The number of fused-ring (bicyclic) bond motifs is 3. The predicted octanol–water partition coefficient (Wildman–Crippen LogP) is 1.78. The number of imidazole rings is 1. The minimum absolute atomic E-state index is 0.135. The van der Waals surface area contributed by atoms with Crippen molar-refractivity contribution in [2.75, 3.05) is 7.11 Å². The zero-order chi connectivity index (χ0) is 14.4. The molecule has 2 aromatic heterocycles. The van der Waals surface area contributed by atoms with Crippen molar-refractivity contribution < 1.29 is 9.53 Å². The molecule has 0 spiro atoms. The van der Waals surface area contributed by atoms with Crippen LogP contribution in [0, 0.1) is 0 Å². The van der Waals surface area contributed by atoms with Crippen LogP contribution in [0.5, 0.6) is 5.75 Å². The van der Waals surface area contributed by atoms with E-state index in [1.54, 1.807) is 13.2 Å². The van der Waals surface area contributed by atoms with Crippen LogP contribution in [0.15, 0.2) is 30.5 Å². The van der Waals surface area contributed by atoms with Gasteiger partial charge in [0.25, 0.3) is 5.91 Å². The highest BCUT2D eigenvalue weighted by Gasteiger charge is 2.24. The van der Waals surface area contributed by atoms with Gasteiger partial charge in [-0.2, -0.15) is 0 Å². The second kappa shape index (κ2) is 4.44. The second-order valence-electron chi connectivity index (χ2n) is 5.20. The summed E-state index contributed by atoms with van der Waals surface area (Å²) in [7, 11) is 1.62. The average Bonchev–Trinajstić information content (AvgIpc) is 3.24. The summed E-state index contributed by atoms with van der Waals surface area (Å²) in [6.45, 7) is 0. The molecule has 106 valence electrons. The lowest BCUT2D eigenvalue weighted by Crippen LogP contribution is -2.26. The zero-order valence-corrected chi connectivity index (χ0v) is 11.5. The van der Waals surface area contributed by atoms with Crippen molar-refractivity contribution in [1.82, 2.24) is 19.7 Å². The Balaban J connectivity index is 1.79. The summed E-state index contributed by atoms with van der Waals surface area (Å²) in [5, 5.41) is 2.93. The molecular weight excluding hydrogens is 268 g/mol. The van der Waals surface area contributed by atoms with Gasteiger partial charge in [-0.05, 0) is 31.0 Å². The number of hydrogen-bond donors (Lipinski definition) is 1. The lowest BCUT2D eigenvalue weighted by molar-refractivity contribution is 0.0946. The number of hydrogen-bond acceptors (Lipinski definition) is 4. The van der Waals surface area contributed by atoms with Crippen LogP contribution < -0.4 is 10.1 Å². The standard InChI is InChI=1S/C15H14N4O2/c1-21-10-4-5-13-12(8-10)18-15-17-11(6-7-19(13)15)14(20)16-9-2-3-9/h4-9H,2-3H2,1H3,(H,16,20). The van der Waals surface area contributed by atoms with E-state index in [9.17, 15) is 4.79 Å². The number of rotatable bonds is 3. The third-order valence-corrected chi connectivity index (χ3v) is 3.63. The van der Waals surface area contributed by atoms with Gasteiger partial charge in [-0.1, -0.05) is 0 Å². The SMILES string of the molecule is COc1ccc2c(c1)nc1nc(C(=O)NC3CC3)ccn12. The summed E-state index contributed by atoms with van der Waals surface area (Å²) in [6, 6.07) is 7.70. The third kappa shape index (κ3) is 2.08. The summed E-state index contributed by atoms with van der Waals surface area (Å²) < 4.78 is 7.06. The molecule has 0 saturated heterocycles. The van der Waals surface area contributed by atoms with Crippen LogP contribution in [-0.2, 0) is 0 Å². The number of carbonyl (C=O) groups excluding carboxylic acids is 1. The summed E-state index contributed by atoms with van der Waals surface area (Å²) in [6.07, 6.45) is 3.94. The maximum Gasteiger partial charge on any atom is 0.270 e. The molecule has 0 atom stereocenters. The number of nitrogens with zero attached hydrogens (tertiary/aromatic N) is 3. The van der Waals surface area contributed by atoms with E-state index in [1.165, 1.54) is 0 Å². The summed E-state index contributed by atoms with van der Waals surface area (Å²) in [5.41, 5.74) is 2.13. The van der Waals surface area contributed by atoms with E-state index < -0.39 is 0 Å². The highest BCUT2D eigenvalue weighted by Crippen LogP contribution is 2.22. The molecular formula is C15H14N4O2. The third-order valence-electron chi connectivity index (χ3n) is 3.63. The Morgan fingerprint density at radius 1 is 1.33 bits per heavy atom. The molecule has 0 unspecified atom stereocenters. The molecule has 1 aromatic carbocycles. The van der Waals surface area contributed by atoms with Gasteiger partial charge in [0.2, 0.25) is 5.78 Å². The first-order chi connectivity index (χ1) is 10.2. The largest absolute Gasteiger partial charge is 0.497 e. The fourth-order valence-electron chi connectivity index (χ4n) is 2.32. The highest BCUT2D eigenvalue weighted by atomic mass is 16.5. The van der Waals surface area contributed by atoms with E-state index in [2.05, 4.69) is 15.3 Å². The first-order valence-electron chi connectivity index (χ1n) is 6.88. The highest BCUT2D eigenvalue weighted by molar-refractivity contribution is 5.93. The van der Waals surface area contributed by atoms with E-state index in [0.29, 0.717) is 17.5 Å². The lowest BCUT2D eigenvalue weighted by Gasteiger charge is -2.02. The van der Waals surface area contributed by atoms with E-state index in [4.69, 9.17) is 4.74 Å². The Bertz CT molecular complexity index is 851. The van der Waals surface area contributed by atoms with Crippen LogP contribution >= 0.6 is 0 Å². The van der Waals surface area contributed by atoms with E-state index >= 15 is 0 Å². The normalized spacial score (nSPS) is 14.5. The monoisotopic (exact) mass is 282 g/mol. The smallest absolute Gasteiger partial charge is 0.270 e. The number of amides is 1. The van der Waals surface area contributed by atoms with Crippen LogP contribution in [0.2, 0.25) is 0 Å². The van der Waals surface area contributed by atoms with Crippen molar-refractivity contribution in [3.8, 4) is 5.75 Å². The van der Waals surface area contributed by atoms with Gasteiger partial charge in [-0.15, -0.1) is 0 Å². The maximum atomic E-state index is 12.0. The van der Waals surface area contributed by atoms with Gasteiger partial charge >= 0.3 is 0 Å². The average molecular weight is 282 g/mol. The molecule has 6 heteroatoms. The minimum atomic E-state index is -0.135. The van der Waals surface area contributed by atoms with Gasteiger partial charge in [-0.25, -0.2) is 9.97 Å². The van der Waals surface area contributed by atoms with Gasteiger partial charge in [0, 0.05) is 18.3 Å². The Morgan fingerprint density at radius 2 is 2.19 bits per heavy atom. The first-order valence-corrected chi connectivity index (χ1v) is 6.88. The zero-order valence-electron chi connectivity index (χ0n) is 11.5. The number of methoxy groups -OCH3 is 1. The van der Waals surface area contributed by atoms with Crippen molar-refractivity contribution in [2.24, 2.45) is 0 Å². The van der Waals surface area contributed by atoms with Gasteiger partial charge in [-0.3, -0.25) is 9.20 Å². The molecule has 1 fully saturated rings. The number of nitrogens with one attached hydrogen (secondary N) is 1. The molecule has 1 amide bonds. The van der Waals surface area contributed by atoms with Crippen LogP contribution in [0.4, 0.5) is 0 Å². The maximum absolute atomic E-state index is 12.0. The summed E-state index contributed by atoms with van der Waals surface area (Å²) >= 11 is 0. The van der Waals surface area contributed by atoms with E-state index in [-0.39, 0.29) is 5.91 Å². The topological polar surface area (TPSA) is 68.5 Å². The van der Waals surface area contributed by atoms with Crippen molar-refractivity contribution >= 4 is 22.7 Å². The molecule has 1 aliphatic rings. The fourth-order valence-corrected chi connectivity index (χ4v) is 2.32. The van der Waals surface area contributed by atoms with Crippen molar-refractivity contribution in [2.45, 2.75) is 18.9 Å². The quantitative estimate of drug-likeness (QED) is 0.795. The van der Waals surface area contributed by atoms with Crippen molar-refractivity contribution in [3.05, 3.63) is 36.2 Å². The van der Waals surface area contributed by atoms with E-state index in [1.807, 2.05) is 28.8 Å². The number of aromatic nitrogens is 3. The Labute approximate surface area is 120 Å². The molecule has 0 radical (unpaired) electrons. The Morgan fingerprint density at radius 3 is 2.95 bits per heavy atom. The lowest BCUT2D eigenvalue weighted by atomic mass is 10.3. The van der Waals surface area contributed by atoms with Gasteiger partial charge < -0.3 is 10.1 Å². The van der Waals surface area contributed by atoms with Gasteiger partial charge in [0.1, 0.15) is 11.4 Å². The molecule has 2 heterocycles. The molecule has 1 saturated carbocycles. The molecule has 0 aliphatic heterocycles. The number of carbonyl (C=O) groups is 1. The van der Waals surface area contributed by atoms with E-state index in [0.717, 1.165) is 29.6 Å². The van der Waals surface area contributed by atoms with Crippen LogP contribution in [-0.4, -0.2) is 33.4 Å². The summed E-state index contributed by atoms with van der Waals surface area (Å²) in [4.78, 5) is 20.8. The fraction of sp³-hybridized carbons (Fsp3) is 0.267. The Kier molecular flexibility index (Phi) is 2.57. The molecule has 4 rings (SSSR count). The first kappa shape index (κ1) is 12.1. The molecule has 21 heavy (non-hydrogen) atoms. The number of ether oxygens (including phenoxy) is 1. The van der Waals surface area contributed by atoms with Crippen LogP contribution in [0.25, 0.3) is 16.8 Å². The van der Waals surface area contributed by atoms with Crippen molar-refractivity contribution in [3.63, 3.8) is 0 Å². The molecule has 1 N–H and O–H groups in total. The molecule has 0 bridgehead atoms. The number of benzene rings is 1. The second-order valence-corrected chi connectivity index (χ2v) is 5.20. The predicted molar refractivity (Wildman–Crippen MR) is 77.5 cm³/mol. The minimum Gasteiger partial charge on any atom is -0.497 e. The van der Waals surface area contributed by atoms with Crippen LogP contribution in [0.1, 0.15) is 23.3 Å². The van der Waals surface area contributed by atoms with Gasteiger partial charge in [0.15, 0.2) is 0 Å². The molecule has 3 aromatic rings. The van der Waals surface area contributed by atoms with Gasteiger partial charge in [0.05, 0.1) is 18.1 Å². The van der Waals surface area contributed by atoms with Crippen molar-refractivity contribution in [1.29, 1.82) is 0 Å². The molecule has 1 aliphatic carbocycles. The van der Waals surface area contributed by atoms with Crippen LogP contribution in [0.3, 0.4) is 0 Å².